The molecule has 3 nitrogen and oxygen atoms in total. The molecule has 14 heavy (non-hydrogen) atoms. The van der Waals surface area contributed by atoms with Gasteiger partial charge in [0, 0.05) is 6.54 Å². The Morgan fingerprint density at radius 3 is 2.14 bits per heavy atom. The molecule has 0 heterocycles. The summed E-state index contributed by atoms with van der Waals surface area (Å²) >= 11 is 0. The maximum Gasteiger partial charge on any atom is 0.323 e. The van der Waals surface area contributed by atoms with Gasteiger partial charge in [0.05, 0.1) is 7.11 Å². The lowest BCUT2D eigenvalue weighted by atomic mass is 9.95. The lowest BCUT2D eigenvalue weighted by Crippen LogP contribution is -2.45. The Labute approximate surface area is 87.2 Å². The van der Waals surface area contributed by atoms with Crippen LogP contribution in [-0.4, -0.2) is 25.7 Å². The molecule has 0 fully saturated rings. The van der Waals surface area contributed by atoms with Gasteiger partial charge in [-0.15, -0.1) is 0 Å². The van der Waals surface area contributed by atoms with Gasteiger partial charge in [-0.2, -0.15) is 0 Å². The largest absolute Gasteiger partial charge is 0.468 e. The smallest absolute Gasteiger partial charge is 0.323 e. The van der Waals surface area contributed by atoms with Crippen molar-refractivity contribution >= 4 is 5.97 Å². The summed E-state index contributed by atoms with van der Waals surface area (Å²) in [6.07, 6.45) is 0. The van der Waals surface area contributed by atoms with E-state index in [0.717, 1.165) is 6.54 Å². The highest BCUT2D eigenvalue weighted by Crippen LogP contribution is 2.12. The second-order valence-corrected chi connectivity index (χ2v) is 5.19. The number of carbonyl (C=O) groups is 1. The molecule has 0 spiro atoms. The fraction of sp³-hybridized carbons (Fsp3) is 0.909. The Bertz CT molecular complexity index is 182. The lowest BCUT2D eigenvalue weighted by Gasteiger charge is -2.25. The van der Waals surface area contributed by atoms with Crippen molar-refractivity contribution in [3.8, 4) is 0 Å². The highest BCUT2D eigenvalue weighted by atomic mass is 16.5. The van der Waals surface area contributed by atoms with Crippen LogP contribution in [0.1, 0.15) is 34.6 Å². The number of nitrogens with one attached hydrogen (secondary N) is 1. The van der Waals surface area contributed by atoms with E-state index in [1.807, 2.05) is 13.8 Å². The van der Waals surface area contributed by atoms with Crippen LogP contribution in [0.15, 0.2) is 0 Å². The van der Waals surface area contributed by atoms with E-state index in [4.69, 9.17) is 4.74 Å². The van der Waals surface area contributed by atoms with Gasteiger partial charge in [0.2, 0.25) is 0 Å². The highest BCUT2D eigenvalue weighted by Gasteiger charge is 2.24. The first-order valence-corrected chi connectivity index (χ1v) is 5.09. The normalized spacial score (nSPS) is 14.2. The molecule has 0 aromatic rings. The van der Waals surface area contributed by atoms with Crippen molar-refractivity contribution < 1.29 is 9.53 Å². The Hall–Kier alpha value is -0.570. The molecule has 0 aliphatic heterocycles. The van der Waals surface area contributed by atoms with Gasteiger partial charge < -0.3 is 10.1 Å². The fourth-order valence-corrected chi connectivity index (χ4v) is 1.13. The van der Waals surface area contributed by atoms with Crippen LogP contribution in [0.25, 0.3) is 0 Å². The van der Waals surface area contributed by atoms with Gasteiger partial charge in [-0.1, -0.05) is 34.6 Å². The molecule has 1 atom stereocenters. The molecule has 0 aliphatic carbocycles. The first kappa shape index (κ1) is 13.4. The minimum atomic E-state index is -0.195. The predicted octanol–water partition coefficient (Wildman–Crippen LogP) is 1.82. The van der Waals surface area contributed by atoms with Gasteiger partial charge in [0.15, 0.2) is 0 Å². The van der Waals surface area contributed by atoms with Crippen LogP contribution < -0.4 is 5.32 Å². The minimum Gasteiger partial charge on any atom is -0.468 e. The van der Waals surface area contributed by atoms with Crippen LogP contribution in [0.5, 0.6) is 0 Å². The number of methoxy groups -OCH3 is 1. The molecule has 0 rings (SSSR count). The molecule has 1 N–H and O–H groups in total. The van der Waals surface area contributed by atoms with E-state index in [9.17, 15) is 4.79 Å². The molecular formula is C11H23NO2. The van der Waals surface area contributed by atoms with Crippen molar-refractivity contribution in [3.05, 3.63) is 0 Å². The van der Waals surface area contributed by atoms with E-state index in [0.29, 0.717) is 0 Å². The molecule has 0 unspecified atom stereocenters. The van der Waals surface area contributed by atoms with Crippen LogP contribution in [0.3, 0.4) is 0 Å². The van der Waals surface area contributed by atoms with Gasteiger partial charge in [0.1, 0.15) is 6.04 Å². The molecule has 0 bridgehead atoms. The highest BCUT2D eigenvalue weighted by molar-refractivity contribution is 5.75. The molecule has 0 saturated carbocycles. The second-order valence-electron chi connectivity index (χ2n) is 5.19. The van der Waals surface area contributed by atoms with Crippen molar-refractivity contribution in [2.45, 2.75) is 40.7 Å². The maximum absolute atomic E-state index is 11.4. The molecule has 0 aliphatic rings. The third kappa shape index (κ3) is 5.22. The van der Waals surface area contributed by atoms with E-state index in [1.165, 1.54) is 7.11 Å². The molecule has 0 radical (unpaired) electrons. The van der Waals surface area contributed by atoms with E-state index in [-0.39, 0.29) is 23.3 Å². The zero-order valence-corrected chi connectivity index (χ0v) is 10.2. The monoisotopic (exact) mass is 201 g/mol. The quantitative estimate of drug-likeness (QED) is 0.705. The van der Waals surface area contributed by atoms with Crippen LogP contribution >= 0.6 is 0 Å². The summed E-state index contributed by atoms with van der Waals surface area (Å²) in [6.45, 7) is 11.2. The lowest BCUT2D eigenvalue weighted by molar-refractivity contribution is -0.144. The summed E-state index contributed by atoms with van der Waals surface area (Å²) in [7, 11) is 1.43. The first-order chi connectivity index (χ1) is 6.28. The molecule has 0 aromatic heterocycles. The third-order valence-corrected chi connectivity index (χ3v) is 1.97. The van der Waals surface area contributed by atoms with Gasteiger partial charge in [-0.3, -0.25) is 4.79 Å². The Morgan fingerprint density at radius 2 is 1.86 bits per heavy atom. The number of rotatable bonds is 4. The van der Waals surface area contributed by atoms with E-state index in [1.54, 1.807) is 0 Å². The van der Waals surface area contributed by atoms with Crippen molar-refractivity contribution in [2.24, 2.45) is 11.3 Å². The third-order valence-electron chi connectivity index (χ3n) is 1.97. The Morgan fingerprint density at radius 1 is 1.36 bits per heavy atom. The summed E-state index contributed by atoms with van der Waals surface area (Å²) in [6, 6.07) is -0.195. The van der Waals surface area contributed by atoms with Crippen LogP contribution in [0.2, 0.25) is 0 Å². The summed E-state index contributed by atoms with van der Waals surface area (Å²) in [5, 5.41) is 3.24. The zero-order chi connectivity index (χ0) is 11.4. The molecule has 3 heteroatoms. The zero-order valence-electron chi connectivity index (χ0n) is 10.2. The van der Waals surface area contributed by atoms with Gasteiger partial charge >= 0.3 is 5.97 Å². The number of ether oxygens (including phenoxy) is 1. The predicted molar refractivity (Wildman–Crippen MR) is 58.1 cm³/mol. The van der Waals surface area contributed by atoms with Crippen LogP contribution in [0, 0.1) is 11.3 Å². The van der Waals surface area contributed by atoms with E-state index < -0.39 is 0 Å². The number of hydrogen-bond acceptors (Lipinski definition) is 3. The van der Waals surface area contributed by atoms with Crippen molar-refractivity contribution in [1.82, 2.24) is 5.32 Å². The molecule has 0 amide bonds. The Kier molecular flexibility index (Phi) is 5.13. The van der Waals surface area contributed by atoms with E-state index >= 15 is 0 Å². The van der Waals surface area contributed by atoms with Crippen molar-refractivity contribution in [2.75, 3.05) is 13.7 Å². The first-order valence-electron chi connectivity index (χ1n) is 5.09. The van der Waals surface area contributed by atoms with Crippen LogP contribution in [0.4, 0.5) is 0 Å². The molecule has 84 valence electrons. The summed E-state index contributed by atoms with van der Waals surface area (Å²) in [5.41, 5.74) is 0.182. The molecular weight excluding hydrogens is 178 g/mol. The average Bonchev–Trinajstić information content (AvgIpc) is 2.01. The second kappa shape index (κ2) is 5.35. The summed E-state index contributed by atoms with van der Waals surface area (Å²) in [4.78, 5) is 11.4. The number of esters is 1. The number of hydrogen-bond donors (Lipinski definition) is 1. The SMILES string of the molecule is COC(=O)[C@@H](NCC(C)(C)C)C(C)C. The average molecular weight is 201 g/mol. The van der Waals surface area contributed by atoms with Crippen molar-refractivity contribution in [3.63, 3.8) is 0 Å². The molecule has 0 saturated heterocycles. The summed E-state index contributed by atoms with van der Waals surface area (Å²) < 4.78 is 4.74. The van der Waals surface area contributed by atoms with Crippen molar-refractivity contribution in [1.29, 1.82) is 0 Å². The van der Waals surface area contributed by atoms with Gasteiger partial charge in [0.25, 0.3) is 0 Å². The fourth-order valence-electron chi connectivity index (χ4n) is 1.13. The summed E-state index contributed by atoms with van der Waals surface area (Å²) in [5.74, 6) is 0.0778. The van der Waals surface area contributed by atoms with E-state index in [2.05, 4.69) is 26.1 Å². The van der Waals surface area contributed by atoms with Crippen LogP contribution in [-0.2, 0) is 9.53 Å². The minimum absolute atomic E-state index is 0.177. The molecule has 0 aromatic carbocycles. The number of carbonyl (C=O) groups excluding carboxylic acids is 1. The van der Waals surface area contributed by atoms with Gasteiger partial charge in [-0.25, -0.2) is 0 Å². The Balaban J connectivity index is 4.18. The standard InChI is InChI=1S/C11H23NO2/c1-8(2)9(10(13)14-6)12-7-11(3,4)5/h8-9,12H,7H2,1-6H3/t9-/m0/s1. The maximum atomic E-state index is 11.4. The topological polar surface area (TPSA) is 38.3 Å². The van der Waals surface area contributed by atoms with Gasteiger partial charge in [-0.05, 0) is 11.3 Å².